The van der Waals surface area contributed by atoms with Crippen LogP contribution in [0.1, 0.15) is 5.89 Å². The summed E-state index contributed by atoms with van der Waals surface area (Å²) in [6.45, 7) is 3.23. The lowest BCUT2D eigenvalue weighted by atomic mass is 10.2. The molecule has 0 fully saturated rings. The summed E-state index contributed by atoms with van der Waals surface area (Å²) in [7, 11) is 0. The molecule has 3 aromatic rings. The van der Waals surface area contributed by atoms with Crippen LogP contribution in [-0.4, -0.2) is 23.3 Å². The lowest BCUT2D eigenvalue weighted by Gasteiger charge is -2.10. The van der Waals surface area contributed by atoms with E-state index in [4.69, 9.17) is 13.9 Å². The quantitative estimate of drug-likeness (QED) is 0.726. The Bertz CT molecular complexity index is 866. The number of fused-ring (bicyclic) bond motifs is 1. The number of hydrogen-bond acceptors (Lipinski definition) is 7. The number of nitrogens with one attached hydrogen (secondary N) is 1. The van der Waals surface area contributed by atoms with Gasteiger partial charge in [-0.1, -0.05) is 6.07 Å². The van der Waals surface area contributed by atoms with Crippen LogP contribution in [0.4, 0.5) is 0 Å². The molecule has 24 heavy (non-hydrogen) atoms. The van der Waals surface area contributed by atoms with Crippen molar-refractivity contribution in [2.75, 3.05) is 13.2 Å². The van der Waals surface area contributed by atoms with Crippen LogP contribution in [0.25, 0.3) is 11.5 Å². The van der Waals surface area contributed by atoms with E-state index in [0.717, 1.165) is 28.5 Å². The zero-order chi connectivity index (χ0) is 16.4. The highest BCUT2D eigenvalue weighted by atomic mass is 32.2. The molecule has 1 aromatic heterocycles. The van der Waals surface area contributed by atoms with E-state index in [-0.39, 0.29) is 0 Å². The van der Waals surface area contributed by atoms with E-state index in [1.807, 2.05) is 42.5 Å². The molecule has 0 unspecified atom stereocenters. The number of aromatic nitrogens is 2. The van der Waals surface area contributed by atoms with E-state index in [1.165, 1.54) is 0 Å². The van der Waals surface area contributed by atoms with Crippen molar-refractivity contribution >= 4 is 11.9 Å². The Labute approximate surface area is 143 Å². The zero-order valence-corrected chi connectivity index (χ0v) is 13.8. The molecule has 0 saturated carbocycles. The Morgan fingerprint density at radius 3 is 2.92 bits per heavy atom. The molecule has 0 aliphatic carbocycles. The zero-order valence-electron chi connectivity index (χ0n) is 13.0. The lowest BCUT2D eigenvalue weighted by Crippen LogP contribution is -2.10. The predicted molar refractivity (Wildman–Crippen MR) is 90.3 cm³/mol. The van der Waals surface area contributed by atoms with E-state index in [9.17, 15) is 0 Å². The molecule has 0 radical (unpaired) electrons. The third-order valence-electron chi connectivity index (χ3n) is 3.40. The molecule has 0 amide bonds. The molecule has 0 bridgehead atoms. The Kier molecular flexibility index (Phi) is 4.10. The average molecular weight is 341 g/mol. The number of nitrogens with zero attached hydrogens (tertiary/aromatic N) is 2. The fraction of sp³-hybridized carbons (Fsp3) is 0.176. The average Bonchev–Trinajstić information content (AvgIpc) is 2.89. The maximum absolute atomic E-state index is 5.97. The second kappa shape index (κ2) is 6.54. The van der Waals surface area contributed by atoms with Crippen molar-refractivity contribution in [2.45, 2.75) is 11.8 Å². The molecule has 0 spiro atoms. The first-order valence-electron chi connectivity index (χ1n) is 7.53. The molecule has 1 aliphatic heterocycles. The van der Waals surface area contributed by atoms with E-state index >= 15 is 0 Å². The molecule has 1 aliphatic rings. The first-order valence-corrected chi connectivity index (χ1v) is 8.34. The first-order chi connectivity index (χ1) is 11.8. The minimum absolute atomic E-state index is 0.480. The second-order valence-electron chi connectivity index (χ2n) is 5.21. The fourth-order valence-electron chi connectivity index (χ4n) is 2.32. The number of benzene rings is 2. The molecule has 0 atom stereocenters. The highest BCUT2D eigenvalue weighted by molar-refractivity contribution is 7.97. The van der Waals surface area contributed by atoms with Gasteiger partial charge < -0.3 is 13.9 Å². The number of aryl methyl sites for hydroxylation is 1. The minimum atomic E-state index is 0.480. The Morgan fingerprint density at radius 2 is 2.04 bits per heavy atom. The second-order valence-corrected chi connectivity index (χ2v) is 6.14. The summed E-state index contributed by atoms with van der Waals surface area (Å²) in [5.74, 6) is 3.33. The van der Waals surface area contributed by atoms with Crippen LogP contribution < -0.4 is 14.2 Å². The summed E-state index contributed by atoms with van der Waals surface area (Å²) in [6.07, 6.45) is 0. The maximum Gasteiger partial charge on any atom is 0.247 e. The summed E-state index contributed by atoms with van der Waals surface area (Å²) in [6, 6.07) is 13.4. The van der Waals surface area contributed by atoms with Crippen molar-refractivity contribution in [3.05, 3.63) is 48.4 Å². The van der Waals surface area contributed by atoms with Crippen LogP contribution in [-0.2, 0) is 0 Å². The van der Waals surface area contributed by atoms with Crippen LogP contribution in [0, 0.1) is 6.92 Å². The molecule has 1 N–H and O–H groups in total. The lowest BCUT2D eigenvalue weighted by molar-refractivity contribution is 0.320. The van der Waals surface area contributed by atoms with Gasteiger partial charge in [0, 0.05) is 19.0 Å². The maximum atomic E-state index is 5.97. The summed E-state index contributed by atoms with van der Waals surface area (Å²) in [5.41, 5.74) is 0.822. The Balaban J connectivity index is 1.58. The SMILES string of the molecule is Cc1nnc(-c2cccc(Oc3ccc4c(c3)SNCCO4)c2)o1. The highest BCUT2D eigenvalue weighted by Gasteiger charge is 2.12. The van der Waals surface area contributed by atoms with Gasteiger partial charge in [0.1, 0.15) is 23.9 Å². The number of ether oxygens (including phenoxy) is 2. The van der Waals surface area contributed by atoms with Gasteiger partial charge in [0.05, 0.1) is 4.90 Å². The predicted octanol–water partition coefficient (Wildman–Crippen LogP) is 3.83. The van der Waals surface area contributed by atoms with E-state index in [2.05, 4.69) is 14.9 Å². The topological polar surface area (TPSA) is 69.4 Å². The van der Waals surface area contributed by atoms with E-state index < -0.39 is 0 Å². The van der Waals surface area contributed by atoms with Crippen molar-refractivity contribution < 1.29 is 13.9 Å². The minimum Gasteiger partial charge on any atom is -0.491 e. The number of hydrogen-bond donors (Lipinski definition) is 1. The molecule has 6 nitrogen and oxygen atoms in total. The number of rotatable bonds is 3. The van der Waals surface area contributed by atoms with Gasteiger partial charge in [-0.25, -0.2) is 0 Å². The van der Waals surface area contributed by atoms with Crippen molar-refractivity contribution in [2.24, 2.45) is 0 Å². The van der Waals surface area contributed by atoms with Gasteiger partial charge >= 0.3 is 0 Å². The van der Waals surface area contributed by atoms with Crippen molar-refractivity contribution in [3.8, 4) is 28.7 Å². The van der Waals surface area contributed by atoms with Gasteiger partial charge in [-0.15, -0.1) is 10.2 Å². The van der Waals surface area contributed by atoms with Gasteiger partial charge in [-0.2, -0.15) is 0 Å². The van der Waals surface area contributed by atoms with Crippen LogP contribution in [0.5, 0.6) is 17.2 Å². The highest BCUT2D eigenvalue weighted by Crippen LogP contribution is 2.35. The fourth-order valence-corrected chi connectivity index (χ4v) is 3.07. The molecule has 2 heterocycles. The van der Waals surface area contributed by atoms with Gasteiger partial charge in [0.2, 0.25) is 11.8 Å². The molecule has 2 aromatic carbocycles. The van der Waals surface area contributed by atoms with Crippen LogP contribution >= 0.6 is 11.9 Å². The molecule has 7 heteroatoms. The Hall–Kier alpha value is -2.51. The smallest absolute Gasteiger partial charge is 0.247 e. The Morgan fingerprint density at radius 1 is 1.12 bits per heavy atom. The third-order valence-corrected chi connectivity index (χ3v) is 4.29. The van der Waals surface area contributed by atoms with Gasteiger partial charge in [0.25, 0.3) is 0 Å². The normalized spacial score (nSPS) is 13.7. The summed E-state index contributed by atoms with van der Waals surface area (Å²) >= 11 is 1.55. The first kappa shape index (κ1) is 15.0. The van der Waals surface area contributed by atoms with Crippen LogP contribution in [0.3, 0.4) is 0 Å². The van der Waals surface area contributed by atoms with Gasteiger partial charge in [-0.3, -0.25) is 4.72 Å². The van der Waals surface area contributed by atoms with Gasteiger partial charge in [-0.05, 0) is 48.3 Å². The van der Waals surface area contributed by atoms with Crippen LogP contribution in [0.2, 0.25) is 0 Å². The molecular formula is C17H15N3O3S. The van der Waals surface area contributed by atoms with Crippen LogP contribution in [0.15, 0.2) is 51.8 Å². The van der Waals surface area contributed by atoms with E-state index in [0.29, 0.717) is 24.1 Å². The monoisotopic (exact) mass is 341 g/mol. The molecule has 0 saturated heterocycles. The standard InChI is InChI=1S/C17H15N3O3S/c1-11-19-20-17(22-11)12-3-2-4-13(9-12)23-14-5-6-15-16(10-14)24-18-7-8-21-15/h2-6,9-10,18H,7-8H2,1H3. The summed E-state index contributed by atoms with van der Waals surface area (Å²) in [4.78, 5) is 1.01. The van der Waals surface area contributed by atoms with Crippen molar-refractivity contribution in [1.82, 2.24) is 14.9 Å². The summed E-state index contributed by atoms with van der Waals surface area (Å²) in [5, 5.41) is 7.88. The van der Waals surface area contributed by atoms with Crippen molar-refractivity contribution in [1.29, 1.82) is 0 Å². The van der Waals surface area contributed by atoms with Gasteiger partial charge in [0.15, 0.2) is 0 Å². The van der Waals surface area contributed by atoms with Crippen molar-refractivity contribution in [3.63, 3.8) is 0 Å². The molecule has 4 rings (SSSR count). The molecular weight excluding hydrogens is 326 g/mol. The van der Waals surface area contributed by atoms with E-state index in [1.54, 1.807) is 18.9 Å². The third kappa shape index (κ3) is 3.22. The summed E-state index contributed by atoms with van der Waals surface area (Å²) < 4.78 is 20.3. The largest absolute Gasteiger partial charge is 0.491 e. The molecule has 122 valence electrons.